The van der Waals surface area contributed by atoms with Crippen molar-refractivity contribution in [1.29, 1.82) is 0 Å². The molecule has 0 aromatic carbocycles. The monoisotopic (exact) mass is 431 g/mol. The summed E-state index contributed by atoms with van der Waals surface area (Å²) in [5.74, 6) is 1.01. The molecule has 2 N–H and O–H groups in total. The van der Waals surface area contributed by atoms with Gasteiger partial charge in [0.15, 0.2) is 5.96 Å². The zero-order valence-corrected chi connectivity index (χ0v) is 16.1. The van der Waals surface area contributed by atoms with Crippen molar-refractivity contribution in [2.75, 3.05) is 26.7 Å². The predicted octanol–water partition coefficient (Wildman–Crippen LogP) is 1.42. The van der Waals surface area contributed by atoms with Gasteiger partial charge in [-0.25, -0.2) is 0 Å². The summed E-state index contributed by atoms with van der Waals surface area (Å²) in [6.07, 6.45) is 4.20. The van der Waals surface area contributed by atoms with Gasteiger partial charge < -0.3 is 15.5 Å². The third-order valence-corrected chi connectivity index (χ3v) is 3.81. The highest BCUT2D eigenvalue weighted by Crippen LogP contribution is 2.10. The molecule has 1 aromatic heterocycles. The highest BCUT2D eigenvalue weighted by Gasteiger charge is 2.25. The number of carbonyl (C=O) groups excluding carboxylic acids is 1. The van der Waals surface area contributed by atoms with E-state index in [1.165, 1.54) is 0 Å². The molecule has 0 bridgehead atoms. The highest BCUT2D eigenvalue weighted by molar-refractivity contribution is 14.0. The number of rotatable bonds is 5. The van der Waals surface area contributed by atoms with Gasteiger partial charge >= 0.3 is 0 Å². The fraction of sp³-hybridized carbons (Fsp3) is 0.562. The first-order valence-electron chi connectivity index (χ1n) is 7.87. The lowest BCUT2D eigenvalue weighted by molar-refractivity contribution is -0.129. The summed E-state index contributed by atoms with van der Waals surface area (Å²) in [6, 6.07) is 6.20. The predicted molar refractivity (Wildman–Crippen MR) is 103 cm³/mol. The molecule has 1 saturated heterocycles. The van der Waals surface area contributed by atoms with Gasteiger partial charge in [0.25, 0.3) is 0 Å². The summed E-state index contributed by atoms with van der Waals surface area (Å²) in [7, 11) is 1.76. The molecule has 0 radical (unpaired) electrons. The van der Waals surface area contributed by atoms with Gasteiger partial charge in [-0.15, -0.1) is 24.0 Å². The number of pyridine rings is 1. The Bertz CT molecular complexity index is 508. The molecule has 7 heteroatoms. The van der Waals surface area contributed by atoms with Crippen LogP contribution in [0.1, 0.15) is 25.5 Å². The number of nitrogens with zero attached hydrogens (tertiary/aromatic N) is 3. The van der Waals surface area contributed by atoms with E-state index in [4.69, 9.17) is 0 Å². The lowest BCUT2D eigenvalue weighted by Crippen LogP contribution is -2.45. The third-order valence-electron chi connectivity index (χ3n) is 3.81. The summed E-state index contributed by atoms with van der Waals surface area (Å²) in [4.78, 5) is 22.1. The number of guanidine groups is 1. The van der Waals surface area contributed by atoms with Crippen LogP contribution in [-0.4, -0.2) is 54.5 Å². The fourth-order valence-corrected chi connectivity index (χ4v) is 2.57. The van der Waals surface area contributed by atoms with Crippen LogP contribution in [-0.2, 0) is 11.2 Å². The van der Waals surface area contributed by atoms with E-state index in [1.54, 1.807) is 13.2 Å². The fourth-order valence-electron chi connectivity index (χ4n) is 2.57. The smallest absolute Gasteiger partial charge is 0.222 e. The van der Waals surface area contributed by atoms with Crippen LogP contribution >= 0.6 is 24.0 Å². The van der Waals surface area contributed by atoms with Crippen molar-refractivity contribution in [3.63, 3.8) is 0 Å². The van der Waals surface area contributed by atoms with Crippen LogP contribution in [0.2, 0.25) is 0 Å². The largest absolute Gasteiger partial charge is 0.356 e. The van der Waals surface area contributed by atoms with Crippen LogP contribution in [0.25, 0.3) is 0 Å². The Labute approximate surface area is 155 Å². The molecule has 0 saturated carbocycles. The lowest BCUT2D eigenvalue weighted by Gasteiger charge is -2.18. The Morgan fingerprint density at radius 2 is 2.30 bits per heavy atom. The average molecular weight is 431 g/mol. The van der Waals surface area contributed by atoms with Crippen LogP contribution in [0.4, 0.5) is 0 Å². The summed E-state index contributed by atoms with van der Waals surface area (Å²) >= 11 is 0. The number of likely N-dealkylation sites (tertiary alicyclic amines) is 1. The maximum atomic E-state index is 11.7. The summed E-state index contributed by atoms with van der Waals surface area (Å²) in [5.41, 5.74) is 1.06. The Hall–Kier alpha value is -1.38. The molecule has 0 spiro atoms. The Balaban J connectivity index is 0.00000264. The molecule has 1 fully saturated rings. The topological polar surface area (TPSA) is 69.6 Å². The first-order chi connectivity index (χ1) is 10.7. The molecule has 2 rings (SSSR count). The van der Waals surface area contributed by atoms with Gasteiger partial charge in [0.2, 0.25) is 5.91 Å². The molecule has 0 aliphatic carbocycles. The standard InChI is InChI=1S/C16H25N5O.HI/c1-3-15(22)21-11-8-14(12-21)20-16(17-2)19-10-7-13-6-4-5-9-18-13;/h4-6,9,14H,3,7-8,10-12H2,1-2H3,(H2,17,19,20);1H. The van der Waals surface area contributed by atoms with E-state index in [9.17, 15) is 4.79 Å². The number of carbonyl (C=O) groups is 1. The molecule has 1 atom stereocenters. The number of hydrogen-bond acceptors (Lipinski definition) is 3. The van der Waals surface area contributed by atoms with Crippen molar-refractivity contribution in [2.24, 2.45) is 4.99 Å². The minimum Gasteiger partial charge on any atom is -0.356 e. The highest BCUT2D eigenvalue weighted by atomic mass is 127. The Morgan fingerprint density at radius 3 is 2.96 bits per heavy atom. The van der Waals surface area contributed by atoms with E-state index < -0.39 is 0 Å². The Kier molecular flexibility index (Phi) is 8.90. The van der Waals surface area contributed by atoms with Crippen LogP contribution in [0.3, 0.4) is 0 Å². The molecule has 6 nitrogen and oxygen atoms in total. The van der Waals surface area contributed by atoms with Gasteiger partial charge in [-0.05, 0) is 18.6 Å². The van der Waals surface area contributed by atoms with E-state index in [-0.39, 0.29) is 35.9 Å². The van der Waals surface area contributed by atoms with Crippen LogP contribution in [0, 0.1) is 0 Å². The third kappa shape index (κ3) is 6.32. The molecule has 23 heavy (non-hydrogen) atoms. The number of aromatic nitrogens is 1. The second kappa shape index (κ2) is 10.4. The summed E-state index contributed by atoms with van der Waals surface area (Å²) in [5, 5.41) is 6.68. The number of hydrogen-bond donors (Lipinski definition) is 2. The van der Waals surface area contributed by atoms with Gasteiger partial charge in [-0.3, -0.25) is 14.8 Å². The molecule has 128 valence electrons. The maximum absolute atomic E-state index is 11.7. The number of aliphatic imine (C=N–C) groups is 1. The molecule has 1 aromatic rings. The summed E-state index contributed by atoms with van der Waals surface area (Å²) < 4.78 is 0. The SMILES string of the molecule is CCC(=O)N1CCC(NC(=NC)NCCc2ccccn2)C1.I. The molecular formula is C16H26IN5O. The lowest BCUT2D eigenvalue weighted by atomic mass is 10.2. The number of amides is 1. The number of nitrogens with one attached hydrogen (secondary N) is 2. The van der Waals surface area contributed by atoms with Crippen molar-refractivity contribution >= 4 is 35.8 Å². The molecule has 2 heterocycles. The molecule has 1 unspecified atom stereocenters. The van der Waals surface area contributed by atoms with E-state index >= 15 is 0 Å². The zero-order chi connectivity index (χ0) is 15.8. The van der Waals surface area contributed by atoms with Crippen molar-refractivity contribution in [3.8, 4) is 0 Å². The average Bonchev–Trinajstić information content (AvgIpc) is 3.02. The normalized spacial score (nSPS) is 17.6. The molecular weight excluding hydrogens is 405 g/mol. The minimum atomic E-state index is 0. The molecule has 1 amide bonds. The van der Waals surface area contributed by atoms with E-state index in [1.807, 2.05) is 30.0 Å². The van der Waals surface area contributed by atoms with Crippen molar-refractivity contribution in [1.82, 2.24) is 20.5 Å². The van der Waals surface area contributed by atoms with Crippen molar-refractivity contribution in [3.05, 3.63) is 30.1 Å². The van der Waals surface area contributed by atoms with Gasteiger partial charge in [-0.1, -0.05) is 13.0 Å². The van der Waals surface area contributed by atoms with Crippen LogP contribution in [0.15, 0.2) is 29.4 Å². The van der Waals surface area contributed by atoms with Crippen molar-refractivity contribution in [2.45, 2.75) is 32.2 Å². The van der Waals surface area contributed by atoms with E-state index in [0.717, 1.165) is 44.1 Å². The van der Waals surface area contributed by atoms with Crippen LogP contribution in [0.5, 0.6) is 0 Å². The molecule has 1 aliphatic heterocycles. The van der Waals surface area contributed by atoms with Gasteiger partial charge in [0, 0.05) is 57.5 Å². The second-order valence-electron chi connectivity index (χ2n) is 5.39. The van der Waals surface area contributed by atoms with E-state index in [2.05, 4.69) is 20.6 Å². The quantitative estimate of drug-likeness (QED) is 0.421. The van der Waals surface area contributed by atoms with Gasteiger partial charge in [0.05, 0.1) is 0 Å². The maximum Gasteiger partial charge on any atom is 0.222 e. The molecule has 1 aliphatic rings. The van der Waals surface area contributed by atoms with Gasteiger partial charge in [0.1, 0.15) is 0 Å². The van der Waals surface area contributed by atoms with E-state index in [0.29, 0.717) is 6.42 Å². The Morgan fingerprint density at radius 1 is 1.48 bits per heavy atom. The minimum absolute atomic E-state index is 0. The second-order valence-corrected chi connectivity index (χ2v) is 5.39. The first-order valence-corrected chi connectivity index (χ1v) is 7.87. The summed E-state index contributed by atoms with van der Waals surface area (Å²) in [6.45, 7) is 4.27. The van der Waals surface area contributed by atoms with Crippen LogP contribution < -0.4 is 10.6 Å². The van der Waals surface area contributed by atoms with Gasteiger partial charge in [-0.2, -0.15) is 0 Å². The number of halogens is 1. The first kappa shape index (κ1) is 19.7. The zero-order valence-electron chi connectivity index (χ0n) is 13.8. The van der Waals surface area contributed by atoms with Crippen molar-refractivity contribution < 1.29 is 4.79 Å².